The Hall–Kier alpha value is -3.91. The number of carbonyl (C=O) groups is 2. The molecule has 2 aromatic carbocycles. The number of non-ortho nitro benzene ring substituents is 1. The molecule has 178 valence electrons. The second kappa shape index (κ2) is 11.3. The summed E-state index contributed by atoms with van der Waals surface area (Å²) in [5, 5.41) is 24.1. The first-order valence-corrected chi connectivity index (χ1v) is 11.3. The van der Waals surface area contributed by atoms with Gasteiger partial charge < -0.3 is 19.5 Å². The molecular formula is C20H19N5O7S2. The van der Waals surface area contributed by atoms with Crippen LogP contribution in [0.2, 0.25) is 0 Å². The van der Waals surface area contributed by atoms with Crippen LogP contribution in [0.25, 0.3) is 0 Å². The van der Waals surface area contributed by atoms with Gasteiger partial charge in [0.05, 0.1) is 32.0 Å². The summed E-state index contributed by atoms with van der Waals surface area (Å²) in [6, 6.07) is 8.52. The number of nitro groups is 1. The number of nitrogens with zero attached hydrogens (tertiary/aromatic N) is 3. The molecule has 0 saturated heterocycles. The van der Waals surface area contributed by atoms with Gasteiger partial charge >= 0.3 is 0 Å². The van der Waals surface area contributed by atoms with Crippen LogP contribution >= 0.6 is 23.1 Å². The van der Waals surface area contributed by atoms with E-state index in [0.29, 0.717) is 27.3 Å². The van der Waals surface area contributed by atoms with Gasteiger partial charge in [0.2, 0.25) is 16.8 Å². The van der Waals surface area contributed by atoms with Crippen molar-refractivity contribution in [3.63, 3.8) is 0 Å². The van der Waals surface area contributed by atoms with E-state index in [-0.39, 0.29) is 28.0 Å². The van der Waals surface area contributed by atoms with Gasteiger partial charge in [0.25, 0.3) is 11.6 Å². The lowest BCUT2D eigenvalue weighted by molar-refractivity contribution is -0.384. The van der Waals surface area contributed by atoms with Crippen LogP contribution in [-0.4, -0.2) is 54.0 Å². The fourth-order valence-electron chi connectivity index (χ4n) is 2.69. The van der Waals surface area contributed by atoms with Crippen LogP contribution in [0.15, 0.2) is 40.7 Å². The Labute approximate surface area is 201 Å². The van der Waals surface area contributed by atoms with Crippen molar-refractivity contribution in [2.45, 2.75) is 4.34 Å². The highest BCUT2D eigenvalue weighted by Gasteiger charge is 2.18. The predicted octanol–water partition coefficient (Wildman–Crippen LogP) is 3.46. The Morgan fingerprint density at radius 3 is 2.24 bits per heavy atom. The standard InChI is InChI=1S/C20H19N5O7S2/c1-30-14-8-11(9-15(31-2)17(14)32-3)18(27)22-19-23-24-20(34-19)33-10-16(26)21-12-4-6-13(7-5-12)25(28)29/h4-9H,10H2,1-3H3,(H,21,26)(H,22,23,27). The average molecular weight is 506 g/mol. The fourth-order valence-corrected chi connectivity index (χ4v) is 4.24. The summed E-state index contributed by atoms with van der Waals surface area (Å²) < 4.78 is 16.2. The molecule has 3 aromatic rings. The maximum Gasteiger partial charge on any atom is 0.269 e. The van der Waals surface area contributed by atoms with Crippen molar-refractivity contribution in [3.8, 4) is 17.2 Å². The minimum absolute atomic E-state index is 0.0342. The van der Waals surface area contributed by atoms with Crippen LogP contribution in [0.5, 0.6) is 17.2 Å². The van der Waals surface area contributed by atoms with E-state index in [9.17, 15) is 19.7 Å². The molecule has 0 spiro atoms. The topological polar surface area (TPSA) is 155 Å². The summed E-state index contributed by atoms with van der Waals surface area (Å²) in [5.41, 5.74) is 0.635. The van der Waals surface area contributed by atoms with E-state index in [1.54, 1.807) is 0 Å². The third-order valence-electron chi connectivity index (χ3n) is 4.24. The number of amides is 2. The largest absolute Gasteiger partial charge is 0.493 e. The number of methoxy groups -OCH3 is 3. The quantitative estimate of drug-likeness (QED) is 0.181. The molecule has 34 heavy (non-hydrogen) atoms. The van der Waals surface area contributed by atoms with Gasteiger partial charge in [-0.05, 0) is 24.3 Å². The SMILES string of the molecule is COc1cc(C(=O)Nc2nnc(SCC(=O)Nc3ccc([N+](=O)[O-])cc3)s2)cc(OC)c1OC. The zero-order valence-electron chi connectivity index (χ0n) is 18.2. The molecule has 0 aliphatic rings. The molecule has 1 heterocycles. The number of aromatic nitrogens is 2. The van der Waals surface area contributed by atoms with Gasteiger partial charge in [-0.1, -0.05) is 23.1 Å². The number of thioether (sulfide) groups is 1. The summed E-state index contributed by atoms with van der Waals surface area (Å²) in [6.07, 6.45) is 0. The highest BCUT2D eigenvalue weighted by Crippen LogP contribution is 2.38. The van der Waals surface area contributed by atoms with Gasteiger partial charge in [-0.3, -0.25) is 25.0 Å². The van der Waals surface area contributed by atoms with Gasteiger partial charge in [0, 0.05) is 23.4 Å². The number of nitrogens with one attached hydrogen (secondary N) is 2. The normalized spacial score (nSPS) is 10.3. The van der Waals surface area contributed by atoms with Crippen LogP contribution in [-0.2, 0) is 4.79 Å². The maximum absolute atomic E-state index is 12.7. The van der Waals surface area contributed by atoms with Crippen LogP contribution in [0, 0.1) is 10.1 Å². The third kappa shape index (κ3) is 6.11. The summed E-state index contributed by atoms with van der Waals surface area (Å²) in [5.74, 6) is 0.286. The Balaban J connectivity index is 1.57. The highest BCUT2D eigenvalue weighted by atomic mass is 32.2. The lowest BCUT2D eigenvalue weighted by Gasteiger charge is -2.13. The number of carbonyl (C=O) groups excluding carboxylic acids is 2. The van der Waals surface area contributed by atoms with E-state index in [2.05, 4.69) is 20.8 Å². The van der Waals surface area contributed by atoms with Gasteiger partial charge in [-0.2, -0.15) is 0 Å². The molecule has 0 saturated carbocycles. The van der Waals surface area contributed by atoms with Crippen molar-refractivity contribution in [2.75, 3.05) is 37.7 Å². The minimum Gasteiger partial charge on any atom is -0.493 e. The van der Waals surface area contributed by atoms with Crippen molar-refractivity contribution in [1.82, 2.24) is 10.2 Å². The van der Waals surface area contributed by atoms with Gasteiger partial charge in [0.15, 0.2) is 15.8 Å². The molecule has 3 rings (SSSR count). The van der Waals surface area contributed by atoms with Crippen molar-refractivity contribution >= 4 is 51.4 Å². The first kappa shape index (κ1) is 24.7. The summed E-state index contributed by atoms with van der Waals surface area (Å²) in [7, 11) is 4.36. The zero-order chi connectivity index (χ0) is 24.7. The molecule has 2 N–H and O–H groups in total. The van der Waals surface area contributed by atoms with Gasteiger partial charge in [-0.15, -0.1) is 10.2 Å². The molecular weight excluding hydrogens is 486 g/mol. The average Bonchev–Trinajstić information content (AvgIpc) is 3.29. The van der Waals surface area contributed by atoms with Crippen LogP contribution in [0.4, 0.5) is 16.5 Å². The Morgan fingerprint density at radius 2 is 1.68 bits per heavy atom. The first-order valence-electron chi connectivity index (χ1n) is 9.46. The molecule has 0 fully saturated rings. The van der Waals surface area contributed by atoms with Gasteiger partial charge in [-0.25, -0.2) is 0 Å². The molecule has 2 amide bonds. The molecule has 12 nitrogen and oxygen atoms in total. The number of benzene rings is 2. The number of rotatable bonds is 10. The third-order valence-corrected chi connectivity index (χ3v) is 6.21. The van der Waals surface area contributed by atoms with Crippen LogP contribution < -0.4 is 24.8 Å². The lowest BCUT2D eigenvalue weighted by Crippen LogP contribution is -2.13. The summed E-state index contributed by atoms with van der Waals surface area (Å²) in [4.78, 5) is 35.0. The summed E-state index contributed by atoms with van der Waals surface area (Å²) in [6.45, 7) is 0. The van der Waals surface area contributed by atoms with E-state index in [4.69, 9.17) is 14.2 Å². The van der Waals surface area contributed by atoms with Crippen LogP contribution in [0.1, 0.15) is 10.4 Å². The number of nitro benzene ring substituents is 1. The van der Waals surface area contributed by atoms with Crippen molar-refractivity contribution < 1.29 is 28.7 Å². The molecule has 14 heteroatoms. The predicted molar refractivity (Wildman–Crippen MR) is 126 cm³/mol. The van der Waals surface area contributed by atoms with Crippen LogP contribution in [0.3, 0.4) is 0 Å². The molecule has 0 radical (unpaired) electrons. The Bertz CT molecular complexity index is 1180. The highest BCUT2D eigenvalue weighted by molar-refractivity contribution is 8.01. The Kier molecular flexibility index (Phi) is 8.21. The molecule has 0 atom stereocenters. The van der Waals surface area contributed by atoms with Crippen molar-refractivity contribution in [1.29, 1.82) is 0 Å². The number of anilines is 2. The van der Waals surface area contributed by atoms with Gasteiger partial charge in [0.1, 0.15) is 0 Å². The monoisotopic (exact) mass is 505 g/mol. The minimum atomic E-state index is -0.519. The second-order valence-electron chi connectivity index (χ2n) is 6.38. The zero-order valence-corrected chi connectivity index (χ0v) is 19.8. The molecule has 0 aliphatic heterocycles. The van der Waals surface area contributed by atoms with E-state index >= 15 is 0 Å². The second-order valence-corrected chi connectivity index (χ2v) is 8.58. The van der Waals surface area contributed by atoms with E-state index < -0.39 is 10.8 Å². The molecule has 0 unspecified atom stereocenters. The Morgan fingerprint density at radius 1 is 1.03 bits per heavy atom. The first-order chi connectivity index (χ1) is 16.3. The maximum atomic E-state index is 12.7. The molecule has 0 bridgehead atoms. The molecule has 1 aromatic heterocycles. The lowest BCUT2D eigenvalue weighted by atomic mass is 10.1. The van der Waals surface area contributed by atoms with E-state index in [1.165, 1.54) is 57.7 Å². The van der Waals surface area contributed by atoms with E-state index in [0.717, 1.165) is 23.1 Å². The summed E-state index contributed by atoms with van der Waals surface area (Å²) >= 11 is 2.24. The van der Waals surface area contributed by atoms with Crippen molar-refractivity contribution in [3.05, 3.63) is 52.1 Å². The van der Waals surface area contributed by atoms with E-state index in [1.807, 2.05) is 0 Å². The molecule has 0 aliphatic carbocycles. The number of hydrogen-bond donors (Lipinski definition) is 2. The van der Waals surface area contributed by atoms with Crippen molar-refractivity contribution in [2.24, 2.45) is 0 Å². The number of hydrogen-bond acceptors (Lipinski definition) is 11. The number of ether oxygens (including phenoxy) is 3. The fraction of sp³-hybridized carbons (Fsp3) is 0.200. The smallest absolute Gasteiger partial charge is 0.269 e.